The molecule has 92 valence electrons. The zero-order valence-corrected chi connectivity index (χ0v) is 10.1. The van der Waals surface area contributed by atoms with Gasteiger partial charge in [-0.25, -0.2) is 0 Å². The van der Waals surface area contributed by atoms with Crippen LogP contribution in [-0.4, -0.2) is 38.2 Å². The molecule has 1 aliphatic rings. The van der Waals surface area contributed by atoms with Crippen LogP contribution in [0.25, 0.3) is 5.70 Å². The monoisotopic (exact) mass is 233 g/mol. The largest absolute Gasteiger partial charge is 0.497 e. The summed E-state index contributed by atoms with van der Waals surface area (Å²) in [6.07, 6.45) is 2.03. The molecular formula is C13H19N3O. The summed E-state index contributed by atoms with van der Waals surface area (Å²) in [6, 6.07) is 7.81. The molecular weight excluding hydrogens is 214 g/mol. The van der Waals surface area contributed by atoms with Crippen molar-refractivity contribution >= 4 is 5.70 Å². The van der Waals surface area contributed by atoms with Gasteiger partial charge in [0.1, 0.15) is 5.75 Å². The summed E-state index contributed by atoms with van der Waals surface area (Å²) >= 11 is 0. The van der Waals surface area contributed by atoms with E-state index in [0.29, 0.717) is 0 Å². The van der Waals surface area contributed by atoms with Gasteiger partial charge in [-0.3, -0.25) is 0 Å². The number of piperazine rings is 1. The van der Waals surface area contributed by atoms with Gasteiger partial charge in [0.2, 0.25) is 0 Å². The summed E-state index contributed by atoms with van der Waals surface area (Å²) in [5.41, 5.74) is 7.91. The molecule has 0 bridgehead atoms. The maximum atomic E-state index is 6.08. The minimum atomic E-state index is 0.801. The number of methoxy groups -OCH3 is 1. The standard InChI is InChI=1S/C13H19N3O/c1-17-12-4-2-11(3-5-12)13(14)10-16-8-6-15-7-9-16/h2-5,10,15H,6-9,14H2,1H3/b13-10-. The second kappa shape index (κ2) is 5.59. The topological polar surface area (TPSA) is 50.5 Å². The van der Waals surface area contributed by atoms with Crippen LogP contribution in [0.2, 0.25) is 0 Å². The summed E-state index contributed by atoms with van der Waals surface area (Å²) in [7, 11) is 1.66. The number of rotatable bonds is 3. The predicted molar refractivity (Wildman–Crippen MR) is 69.6 cm³/mol. The Bertz CT molecular complexity index is 380. The van der Waals surface area contributed by atoms with Crippen molar-refractivity contribution in [3.8, 4) is 5.75 Å². The first kappa shape index (κ1) is 11.8. The smallest absolute Gasteiger partial charge is 0.118 e. The quantitative estimate of drug-likeness (QED) is 0.813. The van der Waals surface area contributed by atoms with Crippen LogP contribution in [0.15, 0.2) is 30.5 Å². The van der Waals surface area contributed by atoms with Crippen LogP contribution >= 0.6 is 0 Å². The fourth-order valence-corrected chi connectivity index (χ4v) is 1.87. The molecule has 0 spiro atoms. The maximum Gasteiger partial charge on any atom is 0.118 e. The van der Waals surface area contributed by atoms with Gasteiger partial charge in [-0.15, -0.1) is 0 Å². The van der Waals surface area contributed by atoms with E-state index in [4.69, 9.17) is 10.5 Å². The van der Waals surface area contributed by atoms with Gasteiger partial charge >= 0.3 is 0 Å². The molecule has 1 saturated heterocycles. The molecule has 1 fully saturated rings. The van der Waals surface area contributed by atoms with Gasteiger partial charge in [-0.05, 0) is 29.8 Å². The molecule has 0 saturated carbocycles. The highest BCUT2D eigenvalue weighted by atomic mass is 16.5. The summed E-state index contributed by atoms with van der Waals surface area (Å²) in [5, 5.41) is 3.31. The third-order valence-corrected chi connectivity index (χ3v) is 2.90. The van der Waals surface area contributed by atoms with Crippen LogP contribution in [-0.2, 0) is 0 Å². The Balaban J connectivity index is 2.06. The number of benzene rings is 1. The van der Waals surface area contributed by atoms with E-state index < -0.39 is 0 Å². The molecule has 0 atom stereocenters. The number of ether oxygens (including phenoxy) is 1. The highest BCUT2D eigenvalue weighted by Gasteiger charge is 2.06. The average molecular weight is 233 g/mol. The summed E-state index contributed by atoms with van der Waals surface area (Å²) in [4.78, 5) is 2.25. The first-order valence-corrected chi connectivity index (χ1v) is 5.86. The molecule has 4 heteroatoms. The van der Waals surface area contributed by atoms with E-state index in [9.17, 15) is 0 Å². The van der Waals surface area contributed by atoms with E-state index in [-0.39, 0.29) is 0 Å². The maximum absolute atomic E-state index is 6.08. The fourth-order valence-electron chi connectivity index (χ4n) is 1.87. The lowest BCUT2D eigenvalue weighted by Crippen LogP contribution is -2.40. The van der Waals surface area contributed by atoms with Crippen molar-refractivity contribution in [1.29, 1.82) is 0 Å². The van der Waals surface area contributed by atoms with Crippen LogP contribution in [0.4, 0.5) is 0 Å². The van der Waals surface area contributed by atoms with Gasteiger partial charge in [0, 0.05) is 32.4 Å². The van der Waals surface area contributed by atoms with E-state index in [1.807, 2.05) is 30.5 Å². The Morgan fingerprint density at radius 2 is 1.94 bits per heavy atom. The third kappa shape index (κ3) is 3.14. The molecule has 3 N–H and O–H groups in total. The lowest BCUT2D eigenvalue weighted by atomic mass is 10.1. The van der Waals surface area contributed by atoms with Crippen molar-refractivity contribution in [2.75, 3.05) is 33.3 Å². The number of hydrogen-bond acceptors (Lipinski definition) is 4. The molecule has 1 aliphatic heterocycles. The molecule has 17 heavy (non-hydrogen) atoms. The molecule has 0 unspecified atom stereocenters. The summed E-state index contributed by atoms with van der Waals surface area (Å²) in [5.74, 6) is 0.851. The molecule has 0 amide bonds. The van der Waals surface area contributed by atoms with Crippen LogP contribution in [0.3, 0.4) is 0 Å². The van der Waals surface area contributed by atoms with Crippen LogP contribution in [0.5, 0.6) is 5.75 Å². The van der Waals surface area contributed by atoms with Gasteiger partial charge < -0.3 is 20.7 Å². The third-order valence-electron chi connectivity index (χ3n) is 2.90. The Hall–Kier alpha value is -1.68. The first-order chi connectivity index (χ1) is 8.29. The molecule has 4 nitrogen and oxygen atoms in total. The van der Waals surface area contributed by atoms with E-state index >= 15 is 0 Å². The van der Waals surface area contributed by atoms with E-state index in [0.717, 1.165) is 43.2 Å². The number of hydrogen-bond donors (Lipinski definition) is 2. The van der Waals surface area contributed by atoms with Crippen LogP contribution < -0.4 is 15.8 Å². The van der Waals surface area contributed by atoms with Gasteiger partial charge in [0.25, 0.3) is 0 Å². The molecule has 1 aromatic rings. The Morgan fingerprint density at radius 3 is 2.53 bits per heavy atom. The minimum absolute atomic E-state index is 0.801. The second-order valence-corrected chi connectivity index (χ2v) is 4.10. The Kier molecular flexibility index (Phi) is 3.88. The molecule has 0 radical (unpaired) electrons. The van der Waals surface area contributed by atoms with Gasteiger partial charge in [0.05, 0.1) is 12.8 Å². The Labute approximate surface area is 102 Å². The van der Waals surface area contributed by atoms with Crippen molar-refractivity contribution in [3.05, 3.63) is 36.0 Å². The lowest BCUT2D eigenvalue weighted by Gasteiger charge is -2.26. The summed E-state index contributed by atoms with van der Waals surface area (Å²) in [6.45, 7) is 4.06. The molecule has 0 aromatic heterocycles. The van der Waals surface area contributed by atoms with Gasteiger partial charge in [-0.1, -0.05) is 0 Å². The average Bonchev–Trinajstić information content (AvgIpc) is 2.40. The SMILES string of the molecule is COc1ccc(/C(N)=C/N2CCNCC2)cc1. The van der Waals surface area contributed by atoms with Crippen LogP contribution in [0.1, 0.15) is 5.56 Å². The highest BCUT2D eigenvalue weighted by Crippen LogP contribution is 2.15. The fraction of sp³-hybridized carbons (Fsp3) is 0.385. The highest BCUT2D eigenvalue weighted by molar-refractivity contribution is 5.62. The number of nitrogens with two attached hydrogens (primary N) is 1. The van der Waals surface area contributed by atoms with Gasteiger partial charge in [0.15, 0.2) is 0 Å². The van der Waals surface area contributed by atoms with E-state index in [1.54, 1.807) is 7.11 Å². The predicted octanol–water partition coefficient (Wildman–Crippen LogP) is 0.857. The van der Waals surface area contributed by atoms with Crippen molar-refractivity contribution in [2.45, 2.75) is 0 Å². The van der Waals surface area contributed by atoms with Crippen molar-refractivity contribution < 1.29 is 4.74 Å². The lowest BCUT2D eigenvalue weighted by molar-refractivity contribution is 0.325. The molecule has 0 aliphatic carbocycles. The molecule has 1 heterocycles. The van der Waals surface area contributed by atoms with E-state index in [1.165, 1.54) is 0 Å². The minimum Gasteiger partial charge on any atom is -0.497 e. The molecule has 1 aromatic carbocycles. The van der Waals surface area contributed by atoms with Crippen molar-refractivity contribution in [2.24, 2.45) is 5.73 Å². The van der Waals surface area contributed by atoms with Crippen molar-refractivity contribution in [3.63, 3.8) is 0 Å². The normalized spacial score (nSPS) is 17.0. The van der Waals surface area contributed by atoms with E-state index in [2.05, 4.69) is 10.2 Å². The zero-order chi connectivity index (χ0) is 12.1. The zero-order valence-electron chi connectivity index (χ0n) is 10.1. The first-order valence-electron chi connectivity index (χ1n) is 5.86. The number of nitrogens with zero attached hydrogens (tertiary/aromatic N) is 1. The molecule has 2 rings (SSSR count). The van der Waals surface area contributed by atoms with Crippen molar-refractivity contribution in [1.82, 2.24) is 10.2 Å². The van der Waals surface area contributed by atoms with Crippen LogP contribution in [0, 0.1) is 0 Å². The second-order valence-electron chi connectivity index (χ2n) is 4.10. The Morgan fingerprint density at radius 1 is 1.29 bits per heavy atom. The van der Waals surface area contributed by atoms with Gasteiger partial charge in [-0.2, -0.15) is 0 Å². The summed E-state index contributed by atoms with van der Waals surface area (Å²) < 4.78 is 5.12. The number of nitrogens with one attached hydrogen (secondary N) is 1.